The maximum absolute atomic E-state index is 12.9. The molecule has 0 spiro atoms. The first-order valence-corrected chi connectivity index (χ1v) is 34.3. The van der Waals surface area contributed by atoms with Crippen molar-refractivity contribution in [2.45, 2.75) is 309 Å². The lowest BCUT2D eigenvalue weighted by Gasteiger charge is -2.18. The number of ether oxygens (including phenoxy) is 3. The first-order chi connectivity index (χ1) is 41.0. The van der Waals surface area contributed by atoms with Crippen LogP contribution in [0.4, 0.5) is 0 Å². The summed E-state index contributed by atoms with van der Waals surface area (Å²) in [6, 6.07) is 0. The molecular formula is C77H126O6. The van der Waals surface area contributed by atoms with Crippen molar-refractivity contribution >= 4 is 17.9 Å². The molecule has 1 unspecified atom stereocenters. The van der Waals surface area contributed by atoms with Crippen molar-refractivity contribution < 1.29 is 28.6 Å². The van der Waals surface area contributed by atoms with Gasteiger partial charge >= 0.3 is 17.9 Å². The van der Waals surface area contributed by atoms with Crippen molar-refractivity contribution in [1.82, 2.24) is 0 Å². The van der Waals surface area contributed by atoms with Gasteiger partial charge in [-0.2, -0.15) is 0 Å². The largest absolute Gasteiger partial charge is 0.462 e. The van der Waals surface area contributed by atoms with Crippen LogP contribution in [-0.4, -0.2) is 37.2 Å². The van der Waals surface area contributed by atoms with Crippen LogP contribution in [0.5, 0.6) is 0 Å². The van der Waals surface area contributed by atoms with Crippen LogP contribution in [0, 0.1) is 0 Å². The number of unbranched alkanes of at least 4 members (excludes halogenated alkanes) is 26. The van der Waals surface area contributed by atoms with Crippen LogP contribution in [0.15, 0.2) is 146 Å². The monoisotopic (exact) mass is 1150 g/mol. The van der Waals surface area contributed by atoms with Gasteiger partial charge in [0.1, 0.15) is 13.2 Å². The van der Waals surface area contributed by atoms with Crippen molar-refractivity contribution in [3.8, 4) is 0 Å². The molecule has 0 saturated carbocycles. The molecule has 0 saturated heterocycles. The molecule has 0 aromatic rings. The molecule has 0 rings (SSSR count). The van der Waals surface area contributed by atoms with Crippen molar-refractivity contribution in [2.24, 2.45) is 0 Å². The third-order valence-corrected chi connectivity index (χ3v) is 14.3. The SMILES string of the molecule is CC/C=C\C/C=C\C/C=C\C/C=C\C/C=C\C/C=C\C/C=C\CCCC(=O)OC(COC(=O)CC/C=C\C/C=C\C/C=C\C/C=C\CC)COC(=O)CCCCCCCCCCCCCCCCCCC/C=C\CCCCCCCCCC. The highest BCUT2D eigenvalue weighted by Crippen LogP contribution is 2.16. The summed E-state index contributed by atoms with van der Waals surface area (Å²) in [6.45, 7) is 6.31. The van der Waals surface area contributed by atoms with Gasteiger partial charge in [-0.3, -0.25) is 14.4 Å². The molecule has 470 valence electrons. The zero-order chi connectivity index (χ0) is 59.9. The molecule has 0 N–H and O–H groups in total. The van der Waals surface area contributed by atoms with E-state index in [9.17, 15) is 14.4 Å². The summed E-state index contributed by atoms with van der Waals surface area (Å²) < 4.78 is 16.8. The minimum atomic E-state index is -0.844. The highest BCUT2D eigenvalue weighted by molar-refractivity contribution is 5.71. The third kappa shape index (κ3) is 68.0. The average molecular weight is 1150 g/mol. The molecule has 6 nitrogen and oxygen atoms in total. The highest BCUT2D eigenvalue weighted by atomic mass is 16.6. The van der Waals surface area contributed by atoms with Crippen LogP contribution < -0.4 is 0 Å². The van der Waals surface area contributed by atoms with E-state index in [0.29, 0.717) is 19.3 Å². The van der Waals surface area contributed by atoms with Gasteiger partial charge in [-0.1, -0.05) is 308 Å². The summed E-state index contributed by atoms with van der Waals surface area (Å²) in [5.41, 5.74) is 0. The van der Waals surface area contributed by atoms with Crippen molar-refractivity contribution in [3.63, 3.8) is 0 Å². The van der Waals surface area contributed by atoms with Gasteiger partial charge in [0, 0.05) is 19.3 Å². The van der Waals surface area contributed by atoms with E-state index in [1.165, 1.54) is 154 Å². The second-order valence-electron chi connectivity index (χ2n) is 22.3. The normalized spacial score (nSPS) is 13.0. The van der Waals surface area contributed by atoms with Crippen LogP contribution in [0.2, 0.25) is 0 Å². The predicted molar refractivity (Wildman–Crippen MR) is 362 cm³/mol. The predicted octanol–water partition coefficient (Wildman–Crippen LogP) is 23.9. The molecule has 0 aliphatic carbocycles. The summed E-state index contributed by atoms with van der Waals surface area (Å²) in [5, 5.41) is 0. The minimum Gasteiger partial charge on any atom is -0.462 e. The van der Waals surface area contributed by atoms with E-state index in [0.717, 1.165) is 96.3 Å². The highest BCUT2D eigenvalue weighted by Gasteiger charge is 2.19. The lowest BCUT2D eigenvalue weighted by molar-refractivity contribution is -0.166. The van der Waals surface area contributed by atoms with E-state index < -0.39 is 6.10 Å². The van der Waals surface area contributed by atoms with E-state index in [1.54, 1.807) is 0 Å². The zero-order valence-electron chi connectivity index (χ0n) is 53.9. The Hall–Kier alpha value is -4.71. The molecular weight excluding hydrogens is 1020 g/mol. The van der Waals surface area contributed by atoms with E-state index in [4.69, 9.17) is 14.2 Å². The standard InChI is InChI=1S/C77H126O6/c1-4-7-10-13-16-19-22-25-27-29-31-33-35-36-37-38-39-40-42-43-45-47-49-52-55-58-61-64-67-70-76(79)82-73-74(72-81-75(78)69-66-63-60-57-54-51-24-21-18-15-12-9-6-3)83-77(80)71-68-65-62-59-56-53-50-48-46-44-41-34-32-30-28-26-23-20-17-14-11-8-5-2/h8-9,11-12,17-18,20-21,26,28-29,31-32,34,44,46,50-51,53-54,59-60,62-63,74H,4-7,10,13-16,19,22-25,27,30,33,35-43,45,47-49,52,55-58,61,64-73H2,1-3H3/b11-8-,12-9-,20-17-,21-18-,28-26-,31-29-,34-32-,46-44-,53-50-,54-51-,62-59-,63-60-. The molecule has 0 fully saturated rings. The number of esters is 3. The van der Waals surface area contributed by atoms with Gasteiger partial charge in [0.2, 0.25) is 0 Å². The van der Waals surface area contributed by atoms with Crippen LogP contribution in [0.1, 0.15) is 303 Å². The molecule has 0 amide bonds. The van der Waals surface area contributed by atoms with Crippen LogP contribution in [0.25, 0.3) is 0 Å². The zero-order valence-corrected chi connectivity index (χ0v) is 53.9. The van der Waals surface area contributed by atoms with Crippen molar-refractivity contribution in [3.05, 3.63) is 146 Å². The second kappa shape index (κ2) is 69.8. The molecule has 0 radical (unpaired) electrons. The molecule has 6 heteroatoms. The van der Waals surface area contributed by atoms with Gasteiger partial charge in [0.15, 0.2) is 6.10 Å². The van der Waals surface area contributed by atoms with Gasteiger partial charge in [0.05, 0.1) is 0 Å². The fraction of sp³-hybridized carbons (Fsp3) is 0.649. The molecule has 0 aromatic heterocycles. The fourth-order valence-corrected chi connectivity index (χ4v) is 9.27. The molecule has 0 aromatic carbocycles. The number of carbonyl (C=O) groups excluding carboxylic acids is 3. The number of hydrogen-bond donors (Lipinski definition) is 0. The maximum Gasteiger partial charge on any atom is 0.306 e. The minimum absolute atomic E-state index is 0.127. The van der Waals surface area contributed by atoms with Gasteiger partial charge in [-0.25, -0.2) is 0 Å². The van der Waals surface area contributed by atoms with Crippen LogP contribution in [0.3, 0.4) is 0 Å². The lowest BCUT2D eigenvalue weighted by Crippen LogP contribution is -2.30. The number of allylic oxidation sites excluding steroid dienone is 24. The number of carbonyl (C=O) groups is 3. The Bertz CT molecular complexity index is 1800. The summed E-state index contributed by atoms with van der Waals surface area (Å²) in [5.74, 6) is -1.07. The Labute approximate surface area is 512 Å². The summed E-state index contributed by atoms with van der Waals surface area (Å²) >= 11 is 0. The second-order valence-corrected chi connectivity index (χ2v) is 22.3. The lowest BCUT2D eigenvalue weighted by atomic mass is 10.0. The quantitative estimate of drug-likeness (QED) is 0.0261. The maximum atomic E-state index is 12.9. The first-order valence-electron chi connectivity index (χ1n) is 34.3. The smallest absolute Gasteiger partial charge is 0.306 e. The van der Waals surface area contributed by atoms with Gasteiger partial charge in [-0.05, 0) is 122 Å². The van der Waals surface area contributed by atoms with Crippen LogP contribution in [-0.2, 0) is 28.6 Å². The third-order valence-electron chi connectivity index (χ3n) is 14.3. The Kier molecular flexibility index (Phi) is 65.8. The molecule has 0 bridgehead atoms. The topological polar surface area (TPSA) is 78.9 Å². The molecule has 1 atom stereocenters. The van der Waals surface area contributed by atoms with Gasteiger partial charge in [0.25, 0.3) is 0 Å². The van der Waals surface area contributed by atoms with Crippen LogP contribution >= 0.6 is 0 Å². The summed E-state index contributed by atoms with van der Waals surface area (Å²) in [6.07, 6.45) is 100. The molecule has 0 aliphatic heterocycles. The van der Waals surface area contributed by atoms with E-state index >= 15 is 0 Å². The average Bonchev–Trinajstić information content (AvgIpc) is 3.49. The summed E-state index contributed by atoms with van der Waals surface area (Å²) in [7, 11) is 0. The Morgan fingerprint density at radius 2 is 0.506 bits per heavy atom. The van der Waals surface area contributed by atoms with Crippen molar-refractivity contribution in [1.29, 1.82) is 0 Å². The van der Waals surface area contributed by atoms with Gasteiger partial charge < -0.3 is 14.2 Å². The Morgan fingerprint density at radius 3 is 0.855 bits per heavy atom. The molecule has 0 heterocycles. The van der Waals surface area contributed by atoms with E-state index in [-0.39, 0.29) is 44.0 Å². The van der Waals surface area contributed by atoms with E-state index in [1.807, 2.05) is 12.2 Å². The summed E-state index contributed by atoms with van der Waals surface area (Å²) in [4.78, 5) is 38.3. The van der Waals surface area contributed by atoms with E-state index in [2.05, 4.69) is 154 Å². The van der Waals surface area contributed by atoms with Crippen molar-refractivity contribution in [2.75, 3.05) is 13.2 Å². The fourth-order valence-electron chi connectivity index (χ4n) is 9.27. The Balaban J connectivity index is 4.38. The molecule has 83 heavy (non-hydrogen) atoms. The number of hydrogen-bond acceptors (Lipinski definition) is 6. The first kappa shape index (κ1) is 78.3. The number of rotatable bonds is 61. The Morgan fingerprint density at radius 1 is 0.253 bits per heavy atom. The van der Waals surface area contributed by atoms with Gasteiger partial charge in [-0.15, -0.1) is 0 Å². The molecule has 0 aliphatic rings.